The third kappa shape index (κ3) is 6.03. The third-order valence-electron chi connectivity index (χ3n) is 5.45. The summed E-state index contributed by atoms with van der Waals surface area (Å²) >= 11 is 2.10. The van der Waals surface area contributed by atoms with Gasteiger partial charge in [0, 0.05) is 12.6 Å². The summed E-state index contributed by atoms with van der Waals surface area (Å²) in [5.41, 5.74) is 4.13. The van der Waals surface area contributed by atoms with Crippen LogP contribution in [-0.2, 0) is 19.6 Å². The monoisotopic (exact) mass is 582 g/mol. The van der Waals surface area contributed by atoms with E-state index in [-0.39, 0.29) is 11.6 Å². The number of hydrogen-bond acceptors (Lipinski definition) is 5. The highest BCUT2D eigenvalue weighted by Crippen LogP contribution is 2.40. The van der Waals surface area contributed by atoms with Crippen LogP contribution in [0.2, 0.25) is 0 Å². The summed E-state index contributed by atoms with van der Waals surface area (Å²) in [6.07, 6.45) is 0.754. The van der Waals surface area contributed by atoms with Crippen molar-refractivity contribution >= 4 is 28.5 Å². The van der Waals surface area contributed by atoms with Gasteiger partial charge in [0.05, 0.1) is 9.13 Å². The number of aromatic nitrogens is 1. The largest absolute Gasteiger partial charge is 0.488 e. The molecular formula is C28H27IN2O4. The van der Waals surface area contributed by atoms with Gasteiger partial charge < -0.3 is 19.3 Å². The number of carbonyl (C=O) groups is 1. The second kappa shape index (κ2) is 11.9. The topological polar surface area (TPSA) is 73.6 Å². The number of amides is 1. The van der Waals surface area contributed by atoms with Gasteiger partial charge in [0.1, 0.15) is 24.7 Å². The summed E-state index contributed by atoms with van der Waals surface area (Å²) in [5.74, 6) is 1.59. The highest BCUT2D eigenvalue weighted by molar-refractivity contribution is 14.1. The van der Waals surface area contributed by atoms with Gasteiger partial charge in [-0.1, -0.05) is 72.7 Å². The van der Waals surface area contributed by atoms with Crippen molar-refractivity contribution in [2.75, 3.05) is 6.54 Å². The first kappa shape index (κ1) is 24.8. The predicted molar refractivity (Wildman–Crippen MR) is 144 cm³/mol. The van der Waals surface area contributed by atoms with Crippen molar-refractivity contribution in [2.24, 2.45) is 0 Å². The van der Waals surface area contributed by atoms with Crippen molar-refractivity contribution in [3.8, 4) is 22.8 Å². The molecule has 1 N–H and O–H groups in total. The van der Waals surface area contributed by atoms with Gasteiger partial charge in [-0.2, -0.15) is 0 Å². The van der Waals surface area contributed by atoms with E-state index in [4.69, 9.17) is 14.0 Å². The number of nitrogens with zero attached hydrogens (tertiary/aromatic N) is 1. The highest BCUT2D eigenvalue weighted by Gasteiger charge is 2.24. The van der Waals surface area contributed by atoms with Crippen LogP contribution in [0.25, 0.3) is 11.3 Å². The molecule has 7 heteroatoms. The number of nitrogens with one attached hydrogen (secondary N) is 1. The van der Waals surface area contributed by atoms with Crippen molar-refractivity contribution in [1.29, 1.82) is 0 Å². The smallest absolute Gasteiger partial charge is 0.274 e. The van der Waals surface area contributed by atoms with Crippen LogP contribution in [0.3, 0.4) is 0 Å². The lowest BCUT2D eigenvalue weighted by Crippen LogP contribution is -2.23. The van der Waals surface area contributed by atoms with Crippen LogP contribution in [0.4, 0.5) is 0 Å². The Morgan fingerprint density at radius 1 is 0.914 bits per heavy atom. The first-order valence-corrected chi connectivity index (χ1v) is 12.6. The molecule has 180 valence electrons. The minimum atomic E-state index is -0.266. The van der Waals surface area contributed by atoms with E-state index in [0.29, 0.717) is 34.8 Å². The summed E-state index contributed by atoms with van der Waals surface area (Å²) in [7, 11) is 0. The number of halogens is 1. The number of aryl methyl sites for hydroxylation is 1. The van der Waals surface area contributed by atoms with Crippen LogP contribution in [-0.4, -0.2) is 17.6 Å². The summed E-state index contributed by atoms with van der Waals surface area (Å²) in [6, 6.07) is 23.9. The Kier molecular flexibility index (Phi) is 8.41. The quantitative estimate of drug-likeness (QED) is 0.219. The molecule has 4 rings (SSSR count). The van der Waals surface area contributed by atoms with Crippen molar-refractivity contribution < 1.29 is 18.8 Å². The molecule has 0 aliphatic rings. The second-order valence-corrected chi connectivity index (χ2v) is 8.97. The molecule has 1 aromatic heterocycles. The van der Waals surface area contributed by atoms with Gasteiger partial charge in [0.2, 0.25) is 0 Å². The molecule has 4 aromatic rings. The molecule has 0 radical (unpaired) electrons. The number of benzene rings is 3. The van der Waals surface area contributed by atoms with Gasteiger partial charge in [-0.3, -0.25) is 4.79 Å². The summed E-state index contributed by atoms with van der Waals surface area (Å²) < 4.78 is 18.8. The maximum Gasteiger partial charge on any atom is 0.274 e. The Labute approximate surface area is 218 Å². The molecular weight excluding hydrogens is 555 g/mol. The molecule has 0 spiro atoms. The van der Waals surface area contributed by atoms with E-state index in [0.717, 1.165) is 34.4 Å². The molecule has 0 unspecified atom stereocenters. The van der Waals surface area contributed by atoms with E-state index in [2.05, 4.69) is 40.0 Å². The maximum atomic E-state index is 12.4. The second-order valence-electron chi connectivity index (χ2n) is 7.89. The fourth-order valence-corrected chi connectivity index (χ4v) is 4.35. The fourth-order valence-electron chi connectivity index (χ4n) is 3.62. The van der Waals surface area contributed by atoms with Gasteiger partial charge in [-0.15, -0.1) is 0 Å². The normalized spacial score (nSPS) is 10.7. The molecule has 0 atom stereocenters. The van der Waals surface area contributed by atoms with Crippen LogP contribution in [0.5, 0.6) is 11.5 Å². The number of rotatable bonds is 10. The number of carbonyl (C=O) groups excluding carboxylic acids is 1. The molecule has 6 nitrogen and oxygen atoms in total. The number of ether oxygens (including phenoxy) is 2. The van der Waals surface area contributed by atoms with Crippen LogP contribution in [0.1, 0.15) is 41.0 Å². The van der Waals surface area contributed by atoms with Crippen LogP contribution in [0, 0.1) is 3.57 Å². The lowest BCUT2D eigenvalue weighted by atomic mass is 10.0. The van der Waals surface area contributed by atoms with E-state index < -0.39 is 0 Å². The SMILES string of the molecule is CCNC(=O)c1noc(-c2cc(CC)c(OCc3ccccc3)cc2OCc2ccccc2)c1I. The van der Waals surface area contributed by atoms with Gasteiger partial charge in [0.15, 0.2) is 11.5 Å². The minimum Gasteiger partial charge on any atom is -0.488 e. The zero-order valence-corrected chi connectivity index (χ0v) is 21.9. The van der Waals surface area contributed by atoms with E-state index >= 15 is 0 Å². The van der Waals surface area contributed by atoms with Crippen molar-refractivity contribution in [1.82, 2.24) is 10.5 Å². The summed E-state index contributed by atoms with van der Waals surface area (Å²) in [6.45, 7) is 5.28. The molecule has 1 heterocycles. The Morgan fingerprint density at radius 2 is 1.51 bits per heavy atom. The summed E-state index contributed by atoms with van der Waals surface area (Å²) in [4.78, 5) is 12.4. The lowest BCUT2D eigenvalue weighted by molar-refractivity contribution is 0.0946. The van der Waals surface area contributed by atoms with Crippen LogP contribution >= 0.6 is 22.6 Å². The molecule has 0 aliphatic heterocycles. The van der Waals surface area contributed by atoms with E-state index in [1.807, 2.05) is 79.7 Å². The standard InChI is InChI=1S/C28H27IN2O4/c1-3-21-15-22(27-25(29)26(31-35-27)28(32)30-4-2)24(34-18-20-13-9-6-10-14-20)16-23(21)33-17-19-11-7-5-8-12-19/h5-16H,3-4,17-18H2,1-2H3,(H,30,32). The van der Waals surface area contributed by atoms with Gasteiger partial charge >= 0.3 is 0 Å². The average Bonchev–Trinajstić information content (AvgIpc) is 3.28. The Bertz CT molecular complexity index is 1270. The Hall–Kier alpha value is -3.33. The zero-order chi connectivity index (χ0) is 24.6. The average molecular weight is 582 g/mol. The van der Waals surface area contributed by atoms with Gasteiger partial charge in [0.25, 0.3) is 5.91 Å². The predicted octanol–water partition coefficient (Wildman–Crippen LogP) is 6.42. The molecule has 0 bridgehead atoms. The molecule has 3 aromatic carbocycles. The number of hydrogen-bond donors (Lipinski definition) is 1. The fraction of sp³-hybridized carbons (Fsp3) is 0.214. The molecule has 0 aliphatic carbocycles. The lowest BCUT2D eigenvalue weighted by Gasteiger charge is -2.17. The third-order valence-corrected chi connectivity index (χ3v) is 6.45. The maximum absolute atomic E-state index is 12.4. The molecule has 0 fully saturated rings. The first-order valence-electron chi connectivity index (χ1n) is 11.5. The van der Waals surface area contributed by atoms with E-state index in [1.165, 1.54) is 0 Å². The zero-order valence-electron chi connectivity index (χ0n) is 19.7. The van der Waals surface area contributed by atoms with Gasteiger partial charge in [-0.05, 0) is 58.7 Å². The highest BCUT2D eigenvalue weighted by atomic mass is 127. The molecule has 35 heavy (non-hydrogen) atoms. The van der Waals surface area contributed by atoms with Crippen molar-refractivity contribution in [3.05, 3.63) is 98.8 Å². The van der Waals surface area contributed by atoms with Gasteiger partial charge in [-0.25, -0.2) is 0 Å². The van der Waals surface area contributed by atoms with Crippen molar-refractivity contribution in [3.63, 3.8) is 0 Å². The summed E-state index contributed by atoms with van der Waals surface area (Å²) in [5, 5.41) is 6.82. The van der Waals surface area contributed by atoms with Crippen LogP contribution < -0.4 is 14.8 Å². The molecule has 1 amide bonds. The first-order chi connectivity index (χ1) is 17.1. The van der Waals surface area contributed by atoms with Crippen molar-refractivity contribution in [2.45, 2.75) is 33.5 Å². The molecule has 0 saturated heterocycles. The Balaban J connectivity index is 1.71. The Morgan fingerprint density at radius 3 is 2.09 bits per heavy atom. The minimum absolute atomic E-state index is 0.263. The van der Waals surface area contributed by atoms with E-state index in [9.17, 15) is 4.79 Å². The molecule has 0 saturated carbocycles. The van der Waals surface area contributed by atoms with E-state index in [1.54, 1.807) is 0 Å². The van der Waals surface area contributed by atoms with Crippen LogP contribution in [0.15, 0.2) is 77.3 Å².